The first-order valence-corrected chi connectivity index (χ1v) is 7.76. The lowest BCUT2D eigenvalue weighted by atomic mass is 10.0. The average molecular weight is 268 g/mol. The smallest absolute Gasteiger partial charge is 0.245 e. The molecule has 2 amide bonds. The van der Waals surface area contributed by atoms with Crippen molar-refractivity contribution in [2.75, 3.05) is 6.54 Å². The molecule has 0 spiro atoms. The van der Waals surface area contributed by atoms with Gasteiger partial charge in [-0.1, -0.05) is 46.5 Å². The predicted molar refractivity (Wildman–Crippen MR) is 76.8 cm³/mol. The van der Waals surface area contributed by atoms with Crippen LogP contribution in [-0.4, -0.2) is 35.3 Å². The second-order valence-corrected chi connectivity index (χ2v) is 5.34. The van der Waals surface area contributed by atoms with E-state index in [0.29, 0.717) is 12.8 Å². The number of unbranched alkanes of at least 4 members (excludes halogenated alkanes) is 4. The van der Waals surface area contributed by atoms with E-state index in [1.54, 1.807) is 4.90 Å². The number of rotatable bonds is 8. The van der Waals surface area contributed by atoms with E-state index in [2.05, 4.69) is 12.2 Å². The van der Waals surface area contributed by atoms with Crippen LogP contribution in [0.3, 0.4) is 0 Å². The van der Waals surface area contributed by atoms with Crippen LogP contribution < -0.4 is 5.32 Å². The molecule has 1 fully saturated rings. The van der Waals surface area contributed by atoms with Gasteiger partial charge >= 0.3 is 0 Å². The number of hydrogen-bond donors (Lipinski definition) is 1. The highest BCUT2D eigenvalue weighted by atomic mass is 16.2. The maximum absolute atomic E-state index is 12.3. The molecule has 19 heavy (non-hydrogen) atoms. The van der Waals surface area contributed by atoms with E-state index in [1.165, 1.54) is 19.3 Å². The predicted octanol–water partition coefficient (Wildman–Crippen LogP) is 2.47. The molecular weight excluding hydrogens is 240 g/mol. The van der Waals surface area contributed by atoms with Crippen molar-refractivity contribution >= 4 is 11.8 Å². The number of nitrogens with zero attached hydrogens (tertiary/aromatic N) is 1. The van der Waals surface area contributed by atoms with Gasteiger partial charge in [-0.05, 0) is 19.3 Å². The van der Waals surface area contributed by atoms with E-state index in [-0.39, 0.29) is 23.9 Å². The molecule has 4 heteroatoms. The summed E-state index contributed by atoms with van der Waals surface area (Å²) in [5.74, 6) is 0.118. The summed E-state index contributed by atoms with van der Waals surface area (Å²) >= 11 is 0. The number of carbonyl (C=O) groups is 2. The normalized spacial score (nSPS) is 23.6. The molecule has 2 atom stereocenters. The first kappa shape index (κ1) is 16.0. The summed E-state index contributed by atoms with van der Waals surface area (Å²) < 4.78 is 0. The molecule has 1 rings (SSSR count). The van der Waals surface area contributed by atoms with Crippen LogP contribution in [0, 0.1) is 0 Å². The Morgan fingerprint density at radius 3 is 2.26 bits per heavy atom. The van der Waals surface area contributed by atoms with Crippen molar-refractivity contribution in [3.05, 3.63) is 0 Å². The first-order chi connectivity index (χ1) is 9.15. The van der Waals surface area contributed by atoms with E-state index in [9.17, 15) is 9.59 Å². The zero-order valence-electron chi connectivity index (χ0n) is 12.6. The van der Waals surface area contributed by atoms with Crippen LogP contribution >= 0.6 is 0 Å². The molecule has 0 saturated carbocycles. The first-order valence-electron chi connectivity index (χ1n) is 7.76. The SMILES string of the molecule is CCCCCCCN1C(=O)C(CC)NC(=O)C1CC. The number of hydrogen-bond acceptors (Lipinski definition) is 2. The molecule has 0 radical (unpaired) electrons. The lowest BCUT2D eigenvalue weighted by Crippen LogP contribution is -2.63. The third-order valence-corrected chi connectivity index (χ3v) is 3.87. The van der Waals surface area contributed by atoms with Crippen LogP contribution in [0.25, 0.3) is 0 Å². The van der Waals surface area contributed by atoms with Gasteiger partial charge in [0, 0.05) is 6.54 Å². The highest BCUT2D eigenvalue weighted by molar-refractivity contribution is 5.96. The van der Waals surface area contributed by atoms with Gasteiger partial charge in [0.15, 0.2) is 0 Å². The lowest BCUT2D eigenvalue weighted by molar-refractivity contribution is -0.149. The van der Waals surface area contributed by atoms with Gasteiger partial charge in [0.05, 0.1) is 0 Å². The molecule has 1 aliphatic rings. The van der Waals surface area contributed by atoms with E-state index in [0.717, 1.165) is 19.4 Å². The molecule has 1 N–H and O–H groups in total. The molecule has 0 bridgehead atoms. The van der Waals surface area contributed by atoms with Crippen molar-refractivity contribution in [3.63, 3.8) is 0 Å². The second kappa shape index (κ2) is 8.18. The van der Waals surface area contributed by atoms with E-state index in [1.807, 2.05) is 13.8 Å². The molecule has 2 unspecified atom stereocenters. The quantitative estimate of drug-likeness (QED) is 0.688. The van der Waals surface area contributed by atoms with Crippen molar-refractivity contribution in [1.29, 1.82) is 0 Å². The Balaban J connectivity index is 2.53. The van der Waals surface area contributed by atoms with Gasteiger partial charge in [0.2, 0.25) is 11.8 Å². The molecule has 0 aliphatic carbocycles. The zero-order valence-corrected chi connectivity index (χ0v) is 12.6. The number of nitrogens with one attached hydrogen (secondary N) is 1. The zero-order chi connectivity index (χ0) is 14.3. The molecule has 4 nitrogen and oxygen atoms in total. The third kappa shape index (κ3) is 4.22. The summed E-state index contributed by atoms with van der Waals surface area (Å²) in [6, 6.07) is -0.576. The van der Waals surface area contributed by atoms with E-state index >= 15 is 0 Å². The van der Waals surface area contributed by atoms with Crippen molar-refractivity contribution in [2.24, 2.45) is 0 Å². The fourth-order valence-corrected chi connectivity index (χ4v) is 2.66. The monoisotopic (exact) mass is 268 g/mol. The van der Waals surface area contributed by atoms with Crippen LogP contribution in [0.15, 0.2) is 0 Å². The maximum atomic E-state index is 12.3. The minimum atomic E-state index is -0.314. The third-order valence-electron chi connectivity index (χ3n) is 3.87. The summed E-state index contributed by atoms with van der Waals surface area (Å²) in [4.78, 5) is 26.1. The molecule has 110 valence electrons. The number of amides is 2. The van der Waals surface area contributed by atoms with Crippen LogP contribution in [0.1, 0.15) is 65.7 Å². The minimum Gasteiger partial charge on any atom is -0.343 e. The lowest BCUT2D eigenvalue weighted by Gasteiger charge is -2.38. The fourth-order valence-electron chi connectivity index (χ4n) is 2.66. The van der Waals surface area contributed by atoms with Gasteiger partial charge in [-0.2, -0.15) is 0 Å². The summed E-state index contributed by atoms with van der Waals surface area (Å²) in [6.45, 7) is 6.82. The molecule has 1 heterocycles. The Labute approximate surface area is 116 Å². The topological polar surface area (TPSA) is 49.4 Å². The molecular formula is C15H28N2O2. The average Bonchev–Trinajstić information content (AvgIpc) is 2.41. The minimum absolute atomic E-state index is 0.0162. The molecule has 1 saturated heterocycles. The Morgan fingerprint density at radius 1 is 1.00 bits per heavy atom. The number of carbonyl (C=O) groups excluding carboxylic acids is 2. The van der Waals surface area contributed by atoms with Crippen molar-refractivity contribution in [1.82, 2.24) is 10.2 Å². The van der Waals surface area contributed by atoms with E-state index in [4.69, 9.17) is 0 Å². The van der Waals surface area contributed by atoms with Crippen molar-refractivity contribution in [2.45, 2.75) is 77.8 Å². The maximum Gasteiger partial charge on any atom is 0.245 e. The van der Waals surface area contributed by atoms with Gasteiger partial charge in [0.1, 0.15) is 12.1 Å². The van der Waals surface area contributed by atoms with Crippen molar-refractivity contribution in [3.8, 4) is 0 Å². The van der Waals surface area contributed by atoms with Crippen LogP contribution in [0.5, 0.6) is 0 Å². The fraction of sp³-hybridized carbons (Fsp3) is 0.867. The summed E-state index contributed by atoms with van der Waals surface area (Å²) in [5, 5.41) is 2.83. The highest BCUT2D eigenvalue weighted by Gasteiger charge is 2.38. The van der Waals surface area contributed by atoms with Gasteiger partial charge in [-0.25, -0.2) is 0 Å². The van der Waals surface area contributed by atoms with Crippen LogP contribution in [0.2, 0.25) is 0 Å². The molecule has 0 aromatic rings. The standard InChI is InChI=1S/C15H28N2O2/c1-4-7-8-9-10-11-17-13(6-3)14(18)16-12(5-2)15(17)19/h12-13H,4-11H2,1-3H3,(H,16,18). The summed E-state index contributed by atoms with van der Waals surface area (Å²) in [7, 11) is 0. The summed E-state index contributed by atoms with van der Waals surface area (Å²) in [5.41, 5.74) is 0. The Kier molecular flexibility index (Phi) is 6.89. The van der Waals surface area contributed by atoms with E-state index < -0.39 is 0 Å². The highest BCUT2D eigenvalue weighted by Crippen LogP contribution is 2.16. The molecule has 0 aromatic carbocycles. The Hall–Kier alpha value is -1.06. The Bertz CT molecular complexity index is 305. The van der Waals surface area contributed by atoms with Gasteiger partial charge < -0.3 is 10.2 Å². The number of piperazine rings is 1. The van der Waals surface area contributed by atoms with Crippen molar-refractivity contribution < 1.29 is 9.59 Å². The second-order valence-electron chi connectivity index (χ2n) is 5.34. The molecule has 0 aromatic heterocycles. The van der Waals surface area contributed by atoms with Crippen LogP contribution in [0.4, 0.5) is 0 Å². The van der Waals surface area contributed by atoms with Gasteiger partial charge in [-0.3, -0.25) is 9.59 Å². The van der Waals surface area contributed by atoms with Gasteiger partial charge in [-0.15, -0.1) is 0 Å². The molecule has 1 aliphatic heterocycles. The van der Waals surface area contributed by atoms with Crippen LogP contribution in [-0.2, 0) is 9.59 Å². The van der Waals surface area contributed by atoms with Gasteiger partial charge in [0.25, 0.3) is 0 Å². The largest absolute Gasteiger partial charge is 0.343 e. The summed E-state index contributed by atoms with van der Waals surface area (Å²) in [6.07, 6.45) is 7.22. The Morgan fingerprint density at radius 2 is 1.68 bits per heavy atom.